The molecule has 17 heavy (non-hydrogen) atoms. The van der Waals surface area contributed by atoms with Gasteiger partial charge in [0.15, 0.2) is 0 Å². The van der Waals surface area contributed by atoms with Gasteiger partial charge in [-0.3, -0.25) is 9.59 Å². The summed E-state index contributed by atoms with van der Waals surface area (Å²) in [6.45, 7) is 0. The van der Waals surface area contributed by atoms with Crippen LogP contribution in [0.3, 0.4) is 0 Å². The number of carbonyl (C=O) groups excluding carboxylic acids is 1. The van der Waals surface area contributed by atoms with Gasteiger partial charge >= 0.3 is 5.97 Å². The Morgan fingerprint density at radius 1 is 1.47 bits per heavy atom. The van der Waals surface area contributed by atoms with Gasteiger partial charge in [-0.2, -0.15) is 0 Å². The van der Waals surface area contributed by atoms with Crippen LogP contribution in [0.25, 0.3) is 0 Å². The van der Waals surface area contributed by atoms with Gasteiger partial charge in [-0.05, 0) is 12.1 Å². The van der Waals surface area contributed by atoms with Gasteiger partial charge in [-0.15, -0.1) is 0 Å². The zero-order chi connectivity index (χ0) is 12.8. The Kier molecular flexibility index (Phi) is 4.47. The maximum Gasteiger partial charge on any atom is 0.305 e. The average molecular weight is 238 g/mol. The SMILES string of the molecule is COc1ccccc1NC(=O)C(N)CC(=O)O. The molecule has 0 aliphatic heterocycles. The van der Waals surface area contributed by atoms with Crippen molar-refractivity contribution in [3.8, 4) is 5.75 Å². The molecular weight excluding hydrogens is 224 g/mol. The van der Waals surface area contributed by atoms with Crippen LogP contribution in [0, 0.1) is 0 Å². The van der Waals surface area contributed by atoms with Crippen LogP contribution in [-0.4, -0.2) is 30.1 Å². The minimum absolute atomic E-state index is 0.416. The molecule has 1 aromatic rings. The van der Waals surface area contributed by atoms with Crippen LogP contribution in [0.5, 0.6) is 5.75 Å². The molecule has 1 atom stereocenters. The third-order valence-electron chi connectivity index (χ3n) is 2.10. The lowest BCUT2D eigenvalue weighted by atomic mass is 10.2. The fourth-order valence-electron chi connectivity index (χ4n) is 1.25. The van der Waals surface area contributed by atoms with Crippen molar-refractivity contribution in [1.29, 1.82) is 0 Å². The number of nitrogens with one attached hydrogen (secondary N) is 1. The molecule has 1 unspecified atom stereocenters. The summed E-state index contributed by atoms with van der Waals surface area (Å²) in [6, 6.07) is 5.71. The molecule has 1 amide bonds. The molecule has 92 valence electrons. The number of hydrogen-bond donors (Lipinski definition) is 3. The van der Waals surface area contributed by atoms with E-state index in [1.165, 1.54) is 7.11 Å². The number of carboxylic acid groups (broad SMARTS) is 1. The Hall–Kier alpha value is -2.08. The quantitative estimate of drug-likeness (QED) is 0.690. The highest BCUT2D eigenvalue weighted by Crippen LogP contribution is 2.22. The largest absolute Gasteiger partial charge is 0.495 e. The smallest absolute Gasteiger partial charge is 0.305 e. The third-order valence-corrected chi connectivity index (χ3v) is 2.10. The molecule has 0 spiro atoms. The van der Waals surface area contributed by atoms with Crippen LogP contribution in [0.15, 0.2) is 24.3 Å². The number of rotatable bonds is 5. The van der Waals surface area contributed by atoms with Gasteiger partial charge in [0.2, 0.25) is 5.91 Å². The van der Waals surface area contributed by atoms with Crippen molar-refractivity contribution in [3.63, 3.8) is 0 Å². The molecule has 6 nitrogen and oxygen atoms in total. The molecule has 1 rings (SSSR count). The molecule has 0 bridgehead atoms. The Bertz CT molecular complexity index is 420. The predicted molar refractivity (Wildman–Crippen MR) is 61.9 cm³/mol. The lowest BCUT2D eigenvalue weighted by molar-refractivity contribution is -0.138. The summed E-state index contributed by atoms with van der Waals surface area (Å²) in [5, 5.41) is 11.0. The fourth-order valence-corrected chi connectivity index (χ4v) is 1.25. The van der Waals surface area contributed by atoms with Crippen LogP contribution in [0.2, 0.25) is 0 Å². The van der Waals surface area contributed by atoms with E-state index < -0.39 is 24.3 Å². The Balaban J connectivity index is 2.70. The van der Waals surface area contributed by atoms with E-state index in [4.69, 9.17) is 15.6 Å². The molecule has 0 radical (unpaired) electrons. The number of benzene rings is 1. The minimum atomic E-state index is -1.12. The lowest BCUT2D eigenvalue weighted by Gasteiger charge is -2.12. The van der Waals surface area contributed by atoms with Crippen LogP contribution in [-0.2, 0) is 9.59 Å². The van der Waals surface area contributed by atoms with Gasteiger partial charge in [0, 0.05) is 0 Å². The van der Waals surface area contributed by atoms with Crippen molar-refractivity contribution in [1.82, 2.24) is 0 Å². The molecule has 4 N–H and O–H groups in total. The van der Waals surface area contributed by atoms with Crippen molar-refractivity contribution < 1.29 is 19.4 Å². The van der Waals surface area contributed by atoms with Gasteiger partial charge in [0.05, 0.1) is 25.3 Å². The minimum Gasteiger partial charge on any atom is -0.495 e. The molecule has 0 aromatic heterocycles. The number of anilines is 1. The highest BCUT2D eigenvalue weighted by atomic mass is 16.5. The summed E-state index contributed by atoms with van der Waals surface area (Å²) < 4.78 is 5.04. The second-order valence-electron chi connectivity index (χ2n) is 3.39. The van der Waals surface area contributed by atoms with E-state index in [1.54, 1.807) is 24.3 Å². The van der Waals surface area contributed by atoms with Crippen molar-refractivity contribution in [2.24, 2.45) is 5.73 Å². The first kappa shape index (κ1) is 13.0. The summed E-state index contributed by atoms with van der Waals surface area (Å²) in [7, 11) is 1.47. The number of para-hydroxylation sites is 2. The van der Waals surface area contributed by atoms with Gasteiger partial charge < -0.3 is 20.9 Å². The van der Waals surface area contributed by atoms with Crippen molar-refractivity contribution >= 4 is 17.6 Å². The zero-order valence-corrected chi connectivity index (χ0v) is 9.34. The maximum atomic E-state index is 11.6. The molecule has 0 saturated carbocycles. The number of hydrogen-bond acceptors (Lipinski definition) is 4. The molecule has 0 aliphatic carbocycles. The topological polar surface area (TPSA) is 102 Å². The van der Waals surface area contributed by atoms with Gasteiger partial charge in [0.1, 0.15) is 5.75 Å². The monoisotopic (exact) mass is 238 g/mol. The summed E-state index contributed by atoms with van der Waals surface area (Å²) in [4.78, 5) is 22.0. The average Bonchev–Trinajstić information content (AvgIpc) is 2.28. The number of carbonyl (C=O) groups is 2. The molecular formula is C11H14N2O4. The summed E-state index contributed by atoms with van der Waals surface area (Å²) in [5.41, 5.74) is 5.88. The van der Waals surface area contributed by atoms with Gasteiger partial charge in [-0.25, -0.2) is 0 Å². The van der Waals surface area contributed by atoms with E-state index >= 15 is 0 Å². The molecule has 0 aliphatic rings. The Labute approximate surface area is 98.4 Å². The first-order chi connectivity index (χ1) is 8.04. The first-order valence-electron chi connectivity index (χ1n) is 4.96. The van der Waals surface area contributed by atoms with Crippen LogP contribution < -0.4 is 15.8 Å². The van der Waals surface area contributed by atoms with E-state index in [0.29, 0.717) is 11.4 Å². The second-order valence-corrected chi connectivity index (χ2v) is 3.39. The zero-order valence-electron chi connectivity index (χ0n) is 9.34. The highest BCUT2D eigenvalue weighted by Gasteiger charge is 2.18. The van der Waals surface area contributed by atoms with E-state index in [1.807, 2.05) is 0 Å². The number of ether oxygens (including phenoxy) is 1. The molecule has 1 aromatic carbocycles. The number of methoxy groups -OCH3 is 1. The lowest BCUT2D eigenvalue weighted by Crippen LogP contribution is -2.37. The van der Waals surface area contributed by atoms with Crippen LogP contribution in [0.1, 0.15) is 6.42 Å². The van der Waals surface area contributed by atoms with Crippen molar-refractivity contribution in [2.45, 2.75) is 12.5 Å². The number of aliphatic carboxylic acids is 1. The summed E-state index contributed by atoms with van der Waals surface area (Å²) >= 11 is 0. The highest BCUT2D eigenvalue weighted by molar-refractivity contribution is 5.97. The molecule has 0 heterocycles. The van der Waals surface area contributed by atoms with E-state index in [0.717, 1.165) is 0 Å². The molecule has 0 saturated heterocycles. The summed E-state index contributed by atoms with van der Waals surface area (Å²) in [5.74, 6) is -1.19. The van der Waals surface area contributed by atoms with Gasteiger partial charge in [0.25, 0.3) is 0 Å². The molecule has 6 heteroatoms. The fraction of sp³-hybridized carbons (Fsp3) is 0.273. The summed E-state index contributed by atoms with van der Waals surface area (Å²) in [6.07, 6.45) is -0.416. The second kappa shape index (κ2) is 5.86. The number of carboxylic acids is 1. The van der Waals surface area contributed by atoms with Crippen LogP contribution >= 0.6 is 0 Å². The first-order valence-corrected chi connectivity index (χ1v) is 4.96. The number of amides is 1. The maximum absolute atomic E-state index is 11.6. The predicted octanol–water partition coefficient (Wildman–Crippen LogP) is 0.436. The van der Waals surface area contributed by atoms with Crippen LogP contribution in [0.4, 0.5) is 5.69 Å². The van der Waals surface area contributed by atoms with E-state index in [-0.39, 0.29) is 0 Å². The van der Waals surface area contributed by atoms with Crippen molar-refractivity contribution in [3.05, 3.63) is 24.3 Å². The Morgan fingerprint density at radius 3 is 2.71 bits per heavy atom. The van der Waals surface area contributed by atoms with E-state index in [2.05, 4.69) is 5.32 Å². The van der Waals surface area contributed by atoms with E-state index in [9.17, 15) is 9.59 Å². The normalized spacial score (nSPS) is 11.6. The molecule has 0 fully saturated rings. The number of nitrogens with two attached hydrogens (primary N) is 1. The third kappa shape index (κ3) is 3.76. The van der Waals surface area contributed by atoms with Gasteiger partial charge in [-0.1, -0.05) is 12.1 Å². The standard InChI is InChI=1S/C11H14N2O4/c1-17-9-5-3-2-4-8(9)13-11(16)7(12)6-10(14)15/h2-5,7H,6,12H2,1H3,(H,13,16)(H,14,15). The Morgan fingerprint density at radius 2 is 2.12 bits per heavy atom. The van der Waals surface area contributed by atoms with Crippen molar-refractivity contribution in [2.75, 3.05) is 12.4 Å².